The van der Waals surface area contributed by atoms with Crippen molar-refractivity contribution in [3.05, 3.63) is 47.8 Å². The average Bonchev–Trinajstić information content (AvgIpc) is 2.72. The predicted molar refractivity (Wildman–Crippen MR) is 66.6 cm³/mol. The van der Waals surface area contributed by atoms with E-state index < -0.39 is 0 Å². The standard InChI is InChI=1S/C13H17N3O/c1-10(11-4-3-5-13(17)8-11)14-9-12-6-7-15-16(12)2/h3-8,10,14,17H,9H2,1-2H3. The molecule has 0 bridgehead atoms. The number of phenolic OH excluding ortho intramolecular Hbond substituents is 1. The number of aromatic nitrogens is 2. The topological polar surface area (TPSA) is 50.1 Å². The number of nitrogens with one attached hydrogen (secondary N) is 1. The lowest BCUT2D eigenvalue weighted by molar-refractivity contribution is 0.471. The van der Waals surface area contributed by atoms with E-state index in [0.717, 1.165) is 17.8 Å². The van der Waals surface area contributed by atoms with Crippen LogP contribution in [-0.4, -0.2) is 14.9 Å². The average molecular weight is 231 g/mol. The van der Waals surface area contributed by atoms with Crippen molar-refractivity contribution >= 4 is 0 Å². The van der Waals surface area contributed by atoms with E-state index in [1.54, 1.807) is 18.3 Å². The maximum atomic E-state index is 9.42. The van der Waals surface area contributed by atoms with Crippen LogP contribution < -0.4 is 5.32 Å². The smallest absolute Gasteiger partial charge is 0.115 e. The molecular weight excluding hydrogens is 214 g/mol. The molecule has 0 saturated carbocycles. The highest BCUT2D eigenvalue weighted by Crippen LogP contribution is 2.18. The van der Waals surface area contributed by atoms with Gasteiger partial charge >= 0.3 is 0 Å². The van der Waals surface area contributed by atoms with Crippen molar-refractivity contribution in [3.63, 3.8) is 0 Å². The number of aryl methyl sites for hydroxylation is 1. The Hall–Kier alpha value is -1.81. The molecule has 1 aromatic heterocycles. The van der Waals surface area contributed by atoms with Crippen molar-refractivity contribution < 1.29 is 5.11 Å². The predicted octanol–water partition coefficient (Wildman–Crippen LogP) is 1.98. The van der Waals surface area contributed by atoms with E-state index in [1.165, 1.54) is 0 Å². The van der Waals surface area contributed by atoms with Gasteiger partial charge in [-0.05, 0) is 30.7 Å². The van der Waals surface area contributed by atoms with Crippen LogP contribution in [0.3, 0.4) is 0 Å². The van der Waals surface area contributed by atoms with E-state index in [-0.39, 0.29) is 6.04 Å². The first kappa shape index (κ1) is 11.7. The molecule has 2 N–H and O–H groups in total. The van der Waals surface area contributed by atoms with Crippen LogP contribution in [0.25, 0.3) is 0 Å². The van der Waals surface area contributed by atoms with Gasteiger partial charge in [0.15, 0.2) is 0 Å². The summed E-state index contributed by atoms with van der Waals surface area (Å²) >= 11 is 0. The van der Waals surface area contributed by atoms with Crippen molar-refractivity contribution in [1.29, 1.82) is 0 Å². The fraction of sp³-hybridized carbons (Fsp3) is 0.308. The molecule has 90 valence electrons. The molecule has 0 saturated heterocycles. The number of hydrogen-bond donors (Lipinski definition) is 2. The van der Waals surface area contributed by atoms with E-state index in [2.05, 4.69) is 17.3 Å². The Balaban J connectivity index is 1.98. The molecule has 1 aromatic carbocycles. The number of rotatable bonds is 4. The van der Waals surface area contributed by atoms with Crippen molar-refractivity contribution in [2.45, 2.75) is 19.5 Å². The highest BCUT2D eigenvalue weighted by atomic mass is 16.3. The molecule has 2 aromatic rings. The zero-order valence-electron chi connectivity index (χ0n) is 10.1. The van der Waals surface area contributed by atoms with Crippen LogP contribution in [0.4, 0.5) is 0 Å². The van der Waals surface area contributed by atoms with Crippen LogP contribution in [0.15, 0.2) is 36.5 Å². The van der Waals surface area contributed by atoms with Gasteiger partial charge in [0.05, 0.1) is 5.69 Å². The van der Waals surface area contributed by atoms with Crippen molar-refractivity contribution in [2.24, 2.45) is 7.05 Å². The molecule has 0 radical (unpaired) electrons. The minimum atomic E-state index is 0.192. The molecule has 0 aliphatic heterocycles. The first-order chi connectivity index (χ1) is 8.16. The Bertz CT molecular complexity index is 493. The summed E-state index contributed by atoms with van der Waals surface area (Å²) < 4.78 is 1.85. The lowest BCUT2D eigenvalue weighted by Gasteiger charge is -2.14. The summed E-state index contributed by atoms with van der Waals surface area (Å²) in [5.74, 6) is 0.302. The van der Waals surface area contributed by atoms with Gasteiger partial charge < -0.3 is 10.4 Å². The van der Waals surface area contributed by atoms with Crippen LogP contribution in [0, 0.1) is 0 Å². The fourth-order valence-electron chi connectivity index (χ4n) is 1.74. The number of hydrogen-bond acceptors (Lipinski definition) is 3. The third-order valence-corrected chi connectivity index (χ3v) is 2.88. The monoisotopic (exact) mass is 231 g/mol. The number of benzene rings is 1. The molecule has 4 nitrogen and oxygen atoms in total. The Labute approximate surface area is 101 Å². The van der Waals surface area contributed by atoms with Gasteiger partial charge in [-0.1, -0.05) is 12.1 Å². The molecule has 1 atom stereocenters. The van der Waals surface area contributed by atoms with Crippen LogP contribution >= 0.6 is 0 Å². The van der Waals surface area contributed by atoms with Crippen LogP contribution in [0.1, 0.15) is 24.2 Å². The number of aromatic hydroxyl groups is 1. The van der Waals surface area contributed by atoms with E-state index >= 15 is 0 Å². The van der Waals surface area contributed by atoms with Gasteiger partial charge in [-0.3, -0.25) is 4.68 Å². The molecular formula is C13H17N3O. The highest BCUT2D eigenvalue weighted by Gasteiger charge is 2.06. The summed E-state index contributed by atoms with van der Waals surface area (Å²) in [5.41, 5.74) is 2.21. The maximum absolute atomic E-state index is 9.42. The Morgan fingerprint density at radius 2 is 2.24 bits per heavy atom. The first-order valence-corrected chi connectivity index (χ1v) is 5.66. The molecule has 0 aliphatic rings. The van der Waals surface area contributed by atoms with E-state index in [4.69, 9.17) is 0 Å². The zero-order valence-corrected chi connectivity index (χ0v) is 10.1. The van der Waals surface area contributed by atoms with Gasteiger partial charge in [-0.25, -0.2) is 0 Å². The molecule has 2 rings (SSSR count). The largest absolute Gasteiger partial charge is 0.508 e. The molecule has 1 heterocycles. The molecule has 1 unspecified atom stereocenters. The molecule has 0 aliphatic carbocycles. The Kier molecular flexibility index (Phi) is 3.44. The molecule has 4 heteroatoms. The minimum Gasteiger partial charge on any atom is -0.508 e. The van der Waals surface area contributed by atoms with Crippen molar-refractivity contribution in [2.75, 3.05) is 0 Å². The summed E-state index contributed by atoms with van der Waals surface area (Å²) in [5, 5.41) is 16.9. The second-order valence-electron chi connectivity index (χ2n) is 4.14. The minimum absolute atomic E-state index is 0.192. The van der Waals surface area contributed by atoms with Gasteiger partial charge in [-0.2, -0.15) is 5.10 Å². The van der Waals surface area contributed by atoms with Crippen molar-refractivity contribution in [1.82, 2.24) is 15.1 Å². The third-order valence-electron chi connectivity index (χ3n) is 2.88. The van der Waals surface area contributed by atoms with Gasteiger partial charge in [-0.15, -0.1) is 0 Å². The second-order valence-corrected chi connectivity index (χ2v) is 4.14. The first-order valence-electron chi connectivity index (χ1n) is 5.66. The lowest BCUT2D eigenvalue weighted by Crippen LogP contribution is -2.19. The summed E-state index contributed by atoms with van der Waals surface area (Å²) in [7, 11) is 1.93. The number of nitrogens with zero attached hydrogens (tertiary/aromatic N) is 2. The number of phenols is 1. The second kappa shape index (κ2) is 5.01. The summed E-state index contributed by atoms with van der Waals surface area (Å²) in [6, 6.07) is 9.49. The van der Waals surface area contributed by atoms with E-state index in [9.17, 15) is 5.11 Å². The van der Waals surface area contributed by atoms with Gasteiger partial charge in [0.2, 0.25) is 0 Å². The maximum Gasteiger partial charge on any atom is 0.115 e. The lowest BCUT2D eigenvalue weighted by atomic mass is 10.1. The van der Waals surface area contributed by atoms with Crippen LogP contribution in [0.2, 0.25) is 0 Å². The third kappa shape index (κ3) is 2.85. The SMILES string of the molecule is CC(NCc1ccnn1C)c1cccc(O)c1. The zero-order chi connectivity index (χ0) is 12.3. The summed E-state index contributed by atoms with van der Waals surface area (Å²) in [4.78, 5) is 0. The van der Waals surface area contributed by atoms with Gasteiger partial charge in [0, 0.05) is 25.8 Å². The Morgan fingerprint density at radius 1 is 1.41 bits per heavy atom. The fourth-order valence-corrected chi connectivity index (χ4v) is 1.74. The van der Waals surface area contributed by atoms with Crippen LogP contribution in [0.5, 0.6) is 5.75 Å². The normalized spacial score (nSPS) is 12.6. The molecule has 0 amide bonds. The summed E-state index contributed by atoms with van der Waals surface area (Å²) in [6.07, 6.45) is 1.79. The van der Waals surface area contributed by atoms with Crippen LogP contribution in [-0.2, 0) is 13.6 Å². The molecule has 0 spiro atoms. The van der Waals surface area contributed by atoms with E-state index in [1.807, 2.05) is 29.9 Å². The molecule has 0 fully saturated rings. The van der Waals surface area contributed by atoms with Crippen molar-refractivity contribution in [3.8, 4) is 5.75 Å². The highest BCUT2D eigenvalue weighted by molar-refractivity contribution is 5.29. The quantitative estimate of drug-likeness (QED) is 0.846. The summed E-state index contributed by atoms with van der Waals surface area (Å²) in [6.45, 7) is 2.83. The Morgan fingerprint density at radius 3 is 2.88 bits per heavy atom. The van der Waals surface area contributed by atoms with Gasteiger partial charge in [0.25, 0.3) is 0 Å². The van der Waals surface area contributed by atoms with Gasteiger partial charge in [0.1, 0.15) is 5.75 Å². The molecule has 17 heavy (non-hydrogen) atoms. The van der Waals surface area contributed by atoms with E-state index in [0.29, 0.717) is 5.75 Å².